The van der Waals surface area contributed by atoms with Crippen molar-refractivity contribution in [3.8, 4) is 0 Å². The van der Waals surface area contributed by atoms with Crippen molar-refractivity contribution in [3.05, 3.63) is 39.9 Å². The zero-order chi connectivity index (χ0) is 9.42. The van der Waals surface area contributed by atoms with E-state index in [0.29, 0.717) is 0 Å². The highest BCUT2D eigenvalue weighted by molar-refractivity contribution is 6.23. The van der Waals surface area contributed by atoms with Crippen molar-refractivity contribution in [2.24, 2.45) is 0 Å². The van der Waals surface area contributed by atoms with Gasteiger partial charge in [-0.1, -0.05) is 18.2 Å². The van der Waals surface area contributed by atoms with Gasteiger partial charge >= 0.3 is 0 Å². The van der Waals surface area contributed by atoms with Crippen molar-refractivity contribution in [2.75, 3.05) is 0 Å². The standard InChI is InChI=1S/C9H8ClNO2/c10-8-5-7(8)6-3-1-2-4-9(6)11(12)13/h1-4,7-8H,5H2. The number of alkyl halides is 1. The summed E-state index contributed by atoms with van der Waals surface area (Å²) in [5.41, 5.74) is 0.961. The van der Waals surface area contributed by atoms with E-state index in [9.17, 15) is 10.1 Å². The molecule has 2 atom stereocenters. The normalized spacial score (nSPS) is 25.6. The Hall–Kier alpha value is -1.09. The summed E-state index contributed by atoms with van der Waals surface area (Å²) in [5, 5.41) is 10.7. The molecule has 0 N–H and O–H groups in total. The molecule has 68 valence electrons. The van der Waals surface area contributed by atoms with Crippen LogP contribution in [-0.4, -0.2) is 10.3 Å². The first-order chi connectivity index (χ1) is 6.20. The molecule has 1 saturated carbocycles. The summed E-state index contributed by atoms with van der Waals surface area (Å²) >= 11 is 5.84. The van der Waals surface area contributed by atoms with Crippen LogP contribution in [0.15, 0.2) is 24.3 Å². The highest BCUT2D eigenvalue weighted by Crippen LogP contribution is 2.47. The number of hydrogen-bond donors (Lipinski definition) is 0. The lowest BCUT2D eigenvalue weighted by Crippen LogP contribution is -1.94. The molecule has 2 rings (SSSR count). The van der Waals surface area contributed by atoms with E-state index in [1.54, 1.807) is 12.1 Å². The fourth-order valence-electron chi connectivity index (χ4n) is 1.45. The molecule has 0 radical (unpaired) electrons. The molecule has 13 heavy (non-hydrogen) atoms. The first kappa shape index (κ1) is 8.51. The molecule has 1 aliphatic carbocycles. The Balaban J connectivity index is 2.38. The van der Waals surface area contributed by atoms with Crippen molar-refractivity contribution >= 4 is 17.3 Å². The molecule has 0 aliphatic heterocycles. The molecule has 2 unspecified atom stereocenters. The molecule has 1 aliphatic rings. The van der Waals surface area contributed by atoms with E-state index in [-0.39, 0.29) is 21.9 Å². The predicted octanol–water partition coefficient (Wildman–Crippen LogP) is 2.69. The van der Waals surface area contributed by atoms with Gasteiger partial charge in [-0.15, -0.1) is 11.6 Å². The Labute approximate surface area is 80.5 Å². The van der Waals surface area contributed by atoms with E-state index in [4.69, 9.17) is 11.6 Å². The van der Waals surface area contributed by atoms with Crippen LogP contribution in [0.2, 0.25) is 0 Å². The lowest BCUT2D eigenvalue weighted by molar-refractivity contribution is -0.385. The smallest absolute Gasteiger partial charge is 0.258 e. The van der Waals surface area contributed by atoms with Crippen molar-refractivity contribution < 1.29 is 4.92 Å². The third-order valence-electron chi connectivity index (χ3n) is 2.25. The molecule has 3 nitrogen and oxygen atoms in total. The average Bonchev–Trinajstić information content (AvgIpc) is 2.82. The lowest BCUT2D eigenvalue weighted by atomic mass is 10.1. The Morgan fingerprint density at radius 3 is 2.62 bits per heavy atom. The maximum absolute atomic E-state index is 10.6. The van der Waals surface area contributed by atoms with E-state index >= 15 is 0 Å². The molecule has 0 amide bonds. The van der Waals surface area contributed by atoms with Gasteiger partial charge in [-0.3, -0.25) is 10.1 Å². The minimum absolute atomic E-state index is 0.0844. The molecule has 0 bridgehead atoms. The molecule has 0 aromatic heterocycles. The predicted molar refractivity (Wildman–Crippen MR) is 50.1 cm³/mol. The Kier molecular flexibility index (Phi) is 1.96. The molecular formula is C9H8ClNO2. The zero-order valence-corrected chi connectivity index (χ0v) is 7.57. The molecule has 1 aromatic rings. The Bertz CT molecular complexity index is 353. The summed E-state index contributed by atoms with van der Waals surface area (Å²) in [6.07, 6.45) is 0.854. The Morgan fingerprint density at radius 1 is 1.46 bits per heavy atom. The van der Waals surface area contributed by atoms with Crippen molar-refractivity contribution in [1.29, 1.82) is 0 Å². The molecular weight excluding hydrogens is 190 g/mol. The van der Waals surface area contributed by atoms with Crippen LogP contribution in [0.5, 0.6) is 0 Å². The quantitative estimate of drug-likeness (QED) is 0.416. The third kappa shape index (κ3) is 1.52. The number of hydrogen-bond acceptors (Lipinski definition) is 2. The largest absolute Gasteiger partial charge is 0.272 e. The van der Waals surface area contributed by atoms with Crippen LogP contribution in [-0.2, 0) is 0 Å². The van der Waals surface area contributed by atoms with Crippen LogP contribution >= 0.6 is 11.6 Å². The fourth-order valence-corrected chi connectivity index (χ4v) is 1.78. The van der Waals surface area contributed by atoms with Gasteiger partial charge in [0.2, 0.25) is 0 Å². The van der Waals surface area contributed by atoms with Crippen molar-refractivity contribution in [3.63, 3.8) is 0 Å². The molecule has 1 aromatic carbocycles. The van der Waals surface area contributed by atoms with Gasteiger partial charge in [-0.2, -0.15) is 0 Å². The number of nitro groups is 1. The van der Waals surface area contributed by atoms with Crippen molar-refractivity contribution in [2.45, 2.75) is 17.7 Å². The summed E-state index contributed by atoms with van der Waals surface area (Å²) in [6.45, 7) is 0. The van der Waals surface area contributed by atoms with E-state index < -0.39 is 0 Å². The van der Waals surface area contributed by atoms with Gasteiger partial charge in [0.1, 0.15) is 0 Å². The first-order valence-electron chi connectivity index (χ1n) is 4.07. The van der Waals surface area contributed by atoms with E-state index in [1.165, 1.54) is 6.07 Å². The van der Waals surface area contributed by atoms with Gasteiger partial charge in [0.15, 0.2) is 0 Å². The van der Waals surface area contributed by atoms with Crippen LogP contribution in [0.3, 0.4) is 0 Å². The van der Waals surface area contributed by atoms with Gasteiger partial charge in [0, 0.05) is 22.9 Å². The number of benzene rings is 1. The molecule has 0 saturated heterocycles. The number of nitrogens with zero attached hydrogens (tertiary/aromatic N) is 1. The van der Waals surface area contributed by atoms with Gasteiger partial charge in [-0.25, -0.2) is 0 Å². The monoisotopic (exact) mass is 197 g/mol. The second-order valence-corrected chi connectivity index (χ2v) is 3.73. The number of para-hydroxylation sites is 1. The zero-order valence-electron chi connectivity index (χ0n) is 6.81. The average molecular weight is 198 g/mol. The van der Waals surface area contributed by atoms with Crippen molar-refractivity contribution in [1.82, 2.24) is 0 Å². The van der Waals surface area contributed by atoms with E-state index in [2.05, 4.69) is 0 Å². The highest BCUT2D eigenvalue weighted by atomic mass is 35.5. The van der Waals surface area contributed by atoms with Crippen LogP contribution in [0.25, 0.3) is 0 Å². The lowest BCUT2D eigenvalue weighted by Gasteiger charge is -1.98. The topological polar surface area (TPSA) is 43.1 Å². The minimum atomic E-state index is -0.350. The molecule has 1 fully saturated rings. The summed E-state index contributed by atoms with van der Waals surface area (Å²) in [7, 11) is 0. The van der Waals surface area contributed by atoms with Gasteiger partial charge in [0.05, 0.1) is 4.92 Å². The summed E-state index contributed by atoms with van der Waals surface area (Å²) in [4.78, 5) is 10.3. The fraction of sp³-hybridized carbons (Fsp3) is 0.333. The second-order valence-electron chi connectivity index (χ2n) is 3.17. The number of rotatable bonds is 2. The van der Waals surface area contributed by atoms with Crippen LogP contribution in [0, 0.1) is 10.1 Å². The summed E-state index contributed by atoms with van der Waals surface area (Å²) in [5.74, 6) is 0.184. The molecule has 0 spiro atoms. The highest BCUT2D eigenvalue weighted by Gasteiger charge is 2.40. The SMILES string of the molecule is O=[N+]([O-])c1ccccc1C1CC1Cl. The minimum Gasteiger partial charge on any atom is -0.258 e. The first-order valence-corrected chi connectivity index (χ1v) is 4.51. The number of halogens is 1. The van der Waals surface area contributed by atoms with Gasteiger partial charge < -0.3 is 0 Å². The third-order valence-corrected chi connectivity index (χ3v) is 2.73. The molecule has 0 heterocycles. The maximum atomic E-state index is 10.6. The maximum Gasteiger partial charge on any atom is 0.272 e. The molecule has 4 heteroatoms. The van der Waals surface area contributed by atoms with Gasteiger partial charge in [0.25, 0.3) is 5.69 Å². The van der Waals surface area contributed by atoms with Crippen LogP contribution in [0.4, 0.5) is 5.69 Å². The van der Waals surface area contributed by atoms with E-state index in [0.717, 1.165) is 12.0 Å². The van der Waals surface area contributed by atoms with E-state index in [1.807, 2.05) is 6.07 Å². The number of nitro benzene ring substituents is 1. The van der Waals surface area contributed by atoms with Gasteiger partial charge in [-0.05, 0) is 6.42 Å². The summed E-state index contributed by atoms with van der Waals surface area (Å²) in [6, 6.07) is 6.79. The van der Waals surface area contributed by atoms with Crippen LogP contribution < -0.4 is 0 Å². The van der Waals surface area contributed by atoms with Crippen LogP contribution in [0.1, 0.15) is 17.9 Å². The Morgan fingerprint density at radius 2 is 2.08 bits per heavy atom. The second kappa shape index (κ2) is 3.00. The summed E-state index contributed by atoms with van der Waals surface area (Å²) < 4.78 is 0.